The second kappa shape index (κ2) is 9.58. The minimum atomic E-state index is -0.123. The molecular formula is C26H26N2O3. The summed E-state index contributed by atoms with van der Waals surface area (Å²) in [4.78, 5) is 30.4. The van der Waals surface area contributed by atoms with Crippen LogP contribution in [-0.2, 0) is 6.54 Å². The Bertz CT molecular complexity index is 1040. The Morgan fingerprint density at radius 2 is 1.39 bits per heavy atom. The van der Waals surface area contributed by atoms with Crippen LogP contribution in [0.3, 0.4) is 0 Å². The van der Waals surface area contributed by atoms with Crippen LogP contribution >= 0.6 is 0 Å². The van der Waals surface area contributed by atoms with Crippen LogP contribution in [0.5, 0.6) is 5.75 Å². The number of nitrogens with zero attached hydrogens (tertiary/aromatic N) is 2. The zero-order valence-corrected chi connectivity index (χ0v) is 17.7. The number of amides is 1. The molecule has 0 atom stereocenters. The first-order valence-corrected chi connectivity index (χ1v) is 10.5. The smallest absolute Gasteiger partial charge is 0.254 e. The third-order valence-electron chi connectivity index (χ3n) is 5.66. The second-order valence-electron chi connectivity index (χ2n) is 7.66. The number of carbonyl (C=O) groups is 2. The Balaban J connectivity index is 1.41. The molecule has 4 rings (SSSR count). The number of ketones is 1. The van der Waals surface area contributed by atoms with E-state index in [0.717, 1.165) is 25.4 Å². The van der Waals surface area contributed by atoms with E-state index in [4.69, 9.17) is 4.74 Å². The maximum Gasteiger partial charge on any atom is 0.254 e. The number of hydrogen-bond acceptors (Lipinski definition) is 4. The Kier molecular flexibility index (Phi) is 6.43. The van der Waals surface area contributed by atoms with Gasteiger partial charge in [0.05, 0.1) is 12.7 Å². The van der Waals surface area contributed by atoms with Gasteiger partial charge in [-0.2, -0.15) is 0 Å². The summed E-state index contributed by atoms with van der Waals surface area (Å²) in [5.41, 5.74) is 2.74. The summed E-state index contributed by atoms with van der Waals surface area (Å²) in [7, 11) is 1.66. The van der Waals surface area contributed by atoms with E-state index in [9.17, 15) is 9.59 Å². The molecule has 0 saturated carbocycles. The van der Waals surface area contributed by atoms with Gasteiger partial charge in [0, 0.05) is 43.9 Å². The summed E-state index contributed by atoms with van der Waals surface area (Å²) < 4.78 is 5.21. The zero-order valence-electron chi connectivity index (χ0n) is 17.7. The minimum absolute atomic E-state index is 0.0796. The first kappa shape index (κ1) is 20.8. The van der Waals surface area contributed by atoms with Crippen molar-refractivity contribution in [1.82, 2.24) is 9.80 Å². The highest BCUT2D eigenvalue weighted by Gasteiger charge is 2.25. The SMILES string of the molecule is COc1ccc(CN2CCN(C(=O)c3ccccc3C(=O)c3ccccc3)CC2)cc1. The van der Waals surface area contributed by atoms with Crippen molar-refractivity contribution in [1.29, 1.82) is 0 Å². The number of ether oxygens (including phenoxy) is 1. The summed E-state index contributed by atoms with van der Waals surface area (Å²) in [5.74, 6) is 0.648. The second-order valence-corrected chi connectivity index (χ2v) is 7.66. The van der Waals surface area contributed by atoms with Gasteiger partial charge in [-0.3, -0.25) is 14.5 Å². The van der Waals surface area contributed by atoms with Crippen molar-refractivity contribution in [2.45, 2.75) is 6.54 Å². The van der Waals surface area contributed by atoms with Crippen LogP contribution in [0.2, 0.25) is 0 Å². The lowest BCUT2D eigenvalue weighted by molar-refractivity contribution is 0.0625. The molecule has 0 unspecified atom stereocenters. The zero-order chi connectivity index (χ0) is 21.6. The summed E-state index contributed by atoms with van der Waals surface area (Å²) in [5, 5.41) is 0. The molecule has 31 heavy (non-hydrogen) atoms. The van der Waals surface area contributed by atoms with Crippen LogP contribution < -0.4 is 4.74 Å². The van der Waals surface area contributed by atoms with Gasteiger partial charge in [-0.05, 0) is 23.8 Å². The van der Waals surface area contributed by atoms with E-state index in [1.54, 1.807) is 37.4 Å². The first-order valence-electron chi connectivity index (χ1n) is 10.5. The van der Waals surface area contributed by atoms with Crippen LogP contribution in [0.15, 0.2) is 78.9 Å². The van der Waals surface area contributed by atoms with Gasteiger partial charge in [0.2, 0.25) is 0 Å². The molecule has 0 N–H and O–H groups in total. The molecular weight excluding hydrogens is 388 g/mol. The number of benzene rings is 3. The third-order valence-corrected chi connectivity index (χ3v) is 5.66. The molecule has 5 heteroatoms. The Morgan fingerprint density at radius 1 is 0.774 bits per heavy atom. The number of hydrogen-bond donors (Lipinski definition) is 0. The molecule has 1 aliphatic rings. The lowest BCUT2D eigenvalue weighted by atomic mass is 9.97. The predicted molar refractivity (Wildman–Crippen MR) is 120 cm³/mol. The normalized spacial score (nSPS) is 14.3. The van der Waals surface area contributed by atoms with Crippen LogP contribution in [0.25, 0.3) is 0 Å². The van der Waals surface area contributed by atoms with E-state index in [-0.39, 0.29) is 11.7 Å². The monoisotopic (exact) mass is 414 g/mol. The molecule has 0 radical (unpaired) electrons. The average molecular weight is 415 g/mol. The molecule has 1 fully saturated rings. The van der Waals surface area contributed by atoms with E-state index in [1.165, 1.54) is 5.56 Å². The molecule has 3 aromatic carbocycles. The van der Waals surface area contributed by atoms with Crippen molar-refractivity contribution in [3.63, 3.8) is 0 Å². The van der Waals surface area contributed by atoms with E-state index in [1.807, 2.05) is 41.3 Å². The van der Waals surface area contributed by atoms with Crippen molar-refractivity contribution < 1.29 is 14.3 Å². The summed E-state index contributed by atoms with van der Waals surface area (Å²) in [6, 6.07) is 24.3. The van der Waals surface area contributed by atoms with Gasteiger partial charge < -0.3 is 9.64 Å². The maximum absolute atomic E-state index is 13.2. The van der Waals surface area contributed by atoms with Crippen molar-refractivity contribution in [3.8, 4) is 5.75 Å². The molecule has 1 aliphatic heterocycles. The van der Waals surface area contributed by atoms with Crippen molar-refractivity contribution in [3.05, 3.63) is 101 Å². The highest BCUT2D eigenvalue weighted by atomic mass is 16.5. The van der Waals surface area contributed by atoms with Crippen LogP contribution in [0.1, 0.15) is 31.8 Å². The molecule has 1 saturated heterocycles. The highest BCUT2D eigenvalue weighted by molar-refractivity contribution is 6.15. The molecule has 0 bridgehead atoms. The lowest BCUT2D eigenvalue weighted by Crippen LogP contribution is -2.48. The topological polar surface area (TPSA) is 49.9 Å². The van der Waals surface area contributed by atoms with Gasteiger partial charge in [0.25, 0.3) is 5.91 Å². The van der Waals surface area contributed by atoms with Crippen LogP contribution in [0, 0.1) is 0 Å². The van der Waals surface area contributed by atoms with Gasteiger partial charge in [-0.1, -0.05) is 60.7 Å². The molecule has 0 spiro atoms. The Labute approximate surface area is 182 Å². The summed E-state index contributed by atoms with van der Waals surface area (Å²) in [6.07, 6.45) is 0. The fraction of sp³-hybridized carbons (Fsp3) is 0.231. The molecule has 158 valence electrons. The third kappa shape index (κ3) is 4.84. The highest BCUT2D eigenvalue weighted by Crippen LogP contribution is 2.19. The molecule has 0 aliphatic carbocycles. The fourth-order valence-corrected chi connectivity index (χ4v) is 3.88. The van der Waals surface area contributed by atoms with Gasteiger partial charge in [-0.25, -0.2) is 0 Å². The number of methoxy groups -OCH3 is 1. The number of carbonyl (C=O) groups excluding carboxylic acids is 2. The van der Waals surface area contributed by atoms with Crippen LogP contribution in [0.4, 0.5) is 0 Å². The Hall–Kier alpha value is -3.44. The van der Waals surface area contributed by atoms with Gasteiger partial charge in [0.15, 0.2) is 5.78 Å². The summed E-state index contributed by atoms with van der Waals surface area (Å²) in [6.45, 7) is 3.72. The molecule has 3 aromatic rings. The number of rotatable bonds is 6. The fourth-order valence-electron chi connectivity index (χ4n) is 3.88. The number of piperazine rings is 1. The van der Waals surface area contributed by atoms with Crippen molar-refractivity contribution >= 4 is 11.7 Å². The van der Waals surface area contributed by atoms with E-state index < -0.39 is 0 Å². The predicted octanol–water partition coefficient (Wildman–Crippen LogP) is 3.88. The van der Waals surface area contributed by atoms with E-state index in [0.29, 0.717) is 29.8 Å². The van der Waals surface area contributed by atoms with Gasteiger partial charge >= 0.3 is 0 Å². The molecule has 1 heterocycles. The Morgan fingerprint density at radius 3 is 2.03 bits per heavy atom. The standard InChI is InChI=1S/C26H26N2O3/c1-31-22-13-11-20(12-14-22)19-27-15-17-28(18-16-27)26(30)24-10-6-5-9-23(24)25(29)21-7-3-2-4-8-21/h2-14H,15-19H2,1H3. The maximum atomic E-state index is 13.2. The summed E-state index contributed by atoms with van der Waals surface area (Å²) >= 11 is 0. The van der Waals surface area contributed by atoms with Crippen molar-refractivity contribution in [2.75, 3.05) is 33.3 Å². The molecule has 0 aromatic heterocycles. The van der Waals surface area contributed by atoms with E-state index in [2.05, 4.69) is 17.0 Å². The minimum Gasteiger partial charge on any atom is -0.497 e. The van der Waals surface area contributed by atoms with Crippen molar-refractivity contribution in [2.24, 2.45) is 0 Å². The van der Waals surface area contributed by atoms with Gasteiger partial charge in [0.1, 0.15) is 5.75 Å². The average Bonchev–Trinajstić information content (AvgIpc) is 2.84. The van der Waals surface area contributed by atoms with Gasteiger partial charge in [-0.15, -0.1) is 0 Å². The molecule has 1 amide bonds. The largest absolute Gasteiger partial charge is 0.497 e. The quantitative estimate of drug-likeness (QED) is 0.575. The van der Waals surface area contributed by atoms with Crippen LogP contribution in [-0.4, -0.2) is 54.8 Å². The molecule has 5 nitrogen and oxygen atoms in total. The first-order chi connectivity index (χ1) is 15.2. The van der Waals surface area contributed by atoms with E-state index >= 15 is 0 Å². The lowest BCUT2D eigenvalue weighted by Gasteiger charge is -2.35.